The Hall–Kier alpha value is -2.44. The van der Waals surface area contributed by atoms with E-state index in [-0.39, 0.29) is 23.9 Å². The number of carbonyl (C=O) groups is 2. The Balaban J connectivity index is 2.08. The molecule has 0 unspecified atom stereocenters. The van der Waals surface area contributed by atoms with E-state index in [1.165, 1.54) is 0 Å². The van der Waals surface area contributed by atoms with Gasteiger partial charge in [-0.3, -0.25) is 4.79 Å². The van der Waals surface area contributed by atoms with Gasteiger partial charge < -0.3 is 25.4 Å². The molecule has 24 heavy (non-hydrogen) atoms. The van der Waals surface area contributed by atoms with Crippen LogP contribution < -0.4 is 20.5 Å². The minimum Gasteiger partial charge on any atom is -0.493 e. The van der Waals surface area contributed by atoms with Crippen molar-refractivity contribution in [3.63, 3.8) is 0 Å². The molecular weight excluding hydrogens is 310 g/mol. The highest BCUT2D eigenvalue weighted by Crippen LogP contribution is 2.33. The van der Waals surface area contributed by atoms with Gasteiger partial charge in [0.25, 0.3) is 0 Å². The number of rotatable bonds is 5. The molecule has 0 spiro atoms. The predicted molar refractivity (Wildman–Crippen MR) is 90.1 cm³/mol. The molecule has 0 radical (unpaired) electrons. The molecule has 3 N–H and O–H groups in total. The molecule has 7 nitrogen and oxygen atoms in total. The number of nitrogens with one attached hydrogen (secondary N) is 1. The maximum absolute atomic E-state index is 12.4. The molecule has 2 rings (SSSR count). The number of likely N-dealkylation sites (tertiary alicyclic amines) is 1. The number of nitrogens with two attached hydrogens (primary N) is 1. The van der Waals surface area contributed by atoms with E-state index < -0.39 is 0 Å². The number of urea groups is 1. The Kier molecular flexibility index (Phi) is 5.54. The standard InChI is InChI=1S/C17H25N3O4/c1-10-7-14(23-3)15(24-4)8-13(10)11(2)19-17(22)20-6-5-12(9-20)16(18)21/h7-8,11-12H,5-6,9H2,1-4H3,(H2,18,21)(H,19,22)/t11-,12-/m0/s1. The molecule has 3 amide bonds. The summed E-state index contributed by atoms with van der Waals surface area (Å²) in [5.74, 6) is 0.665. The summed E-state index contributed by atoms with van der Waals surface area (Å²) in [6.07, 6.45) is 0.618. The number of methoxy groups -OCH3 is 2. The lowest BCUT2D eigenvalue weighted by molar-refractivity contribution is -0.121. The van der Waals surface area contributed by atoms with Gasteiger partial charge in [0.15, 0.2) is 11.5 Å². The highest BCUT2D eigenvalue weighted by Gasteiger charge is 2.30. The summed E-state index contributed by atoms with van der Waals surface area (Å²) in [7, 11) is 3.17. The molecule has 1 aliphatic rings. The minimum atomic E-state index is -0.353. The number of primary amides is 1. The number of aryl methyl sites for hydroxylation is 1. The average Bonchev–Trinajstić information content (AvgIpc) is 3.04. The van der Waals surface area contributed by atoms with Crippen molar-refractivity contribution in [2.45, 2.75) is 26.3 Å². The summed E-state index contributed by atoms with van der Waals surface area (Å²) in [6, 6.07) is 3.36. The molecule has 1 aromatic rings. The SMILES string of the molecule is COc1cc(C)c([C@H](C)NC(=O)N2CC[C@H](C(N)=O)C2)cc1OC. The third kappa shape index (κ3) is 3.72. The summed E-state index contributed by atoms with van der Waals surface area (Å²) >= 11 is 0. The monoisotopic (exact) mass is 335 g/mol. The van der Waals surface area contributed by atoms with Gasteiger partial charge in [-0.05, 0) is 43.5 Å². The maximum Gasteiger partial charge on any atom is 0.317 e. The van der Waals surface area contributed by atoms with Gasteiger partial charge in [-0.15, -0.1) is 0 Å². The van der Waals surface area contributed by atoms with Crippen molar-refractivity contribution in [1.82, 2.24) is 10.2 Å². The minimum absolute atomic E-state index is 0.194. The molecule has 0 saturated carbocycles. The number of benzene rings is 1. The number of nitrogens with zero attached hydrogens (tertiary/aromatic N) is 1. The Morgan fingerprint density at radius 2 is 1.92 bits per heavy atom. The van der Waals surface area contributed by atoms with E-state index in [9.17, 15) is 9.59 Å². The van der Waals surface area contributed by atoms with Crippen LogP contribution in [0.1, 0.15) is 30.5 Å². The van der Waals surface area contributed by atoms with E-state index in [1.54, 1.807) is 19.1 Å². The van der Waals surface area contributed by atoms with Gasteiger partial charge in [-0.1, -0.05) is 0 Å². The van der Waals surface area contributed by atoms with Crippen LogP contribution >= 0.6 is 0 Å². The molecule has 1 aliphatic heterocycles. The second kappa shape index (κ2) is 7.42. The third-order valence-electron chi connectivity index (χ3n) is 4.46. The molecule has 1 fully saturated rings. The third-order valence-corrected chi connectivity index (χ3v) is 4.46. The van der Waals surface area contributed by atoms with E-state index in [4.69, 9.17) is 15.2 Å². The zero-order chi connectivity index (χ0) is 17.9. The van der Waals surface area contributed by atoms with E-state index in [2.05, 4.69) is 5.32 Å². The summed E-state index contributed by atoms with van der Waals surface area (Å²) in [5, 5.41) is 2.97. The molecule has 1 saturated heterocycles. The van der Waals surface area contributed by atoms with Gasteiger partial charge in [0.05, 0.1) is 26.2 Å². The molecule has 7 heteroatoms. The zero-order valence-corrected chi connectivity index (χ0v) is 14.6. The first-order valence-corrected chi connectivity index (χ1v) is 7.94. The predicted octanol–water partition coefficient (Wildman–Crippen LogP) is 1.59. The normalized spacial score (nSPS) is 18.2. The van der Waals surface area contributed by atoms with Crippen molar-refractivity contribution in [1.29, 1.82) is 0 Å². The van der Waals surface area contributed by atoms with Crippen LogP contribution in [0, 0.1) is 12.8 Å². The average molecular weight is 335 g/mol. The lowest BCUT2D eigenvalue weighted by Gasteiger charge is -2.23. The fourth-order valence-electron chi connectivity index (χ4n) is 2.99. The van der Waals surface area contributed by atoms with Crippen LogP contribution in [0.4, 0.5) is 4.79 Å². The Labute approximate surface area is 142 Å². The van der Waals surface area contributed by atoms with Crippen LogP contribution in [0.5, 0.6) is 11.5 Å². The van der Waals surface area contributed by atoms with Gasteiger partial charge in [-0.25, -0.2) is 4.79 Å². The van der Waals surface area contributed by atoms with E-state index in [0.29, 0.717) is 31.0 Å². The topological polar surface area (TPSA) is 93.9 Å². The van der Waals surface area contributed by atoms with E-state index in [1.807, 2.05) is 26.0 Å². The zero-order valence-electron chi connectivity index (χ0n) is 14.6. The second-order valence-electron chi connectivity index (χ2n) is 6.07. The fourth-order valence-corrected chi connectivity index (χ4v) is 2.99. The molecule has 2 atom stereocenters. The van der Waals surface area contributed by atoms with Crippen molar-refractivity contribution in [3.8, 4) is 11.5 Å². The Morgan fingerprint density at radius 3 is 2.46 bits per heavy atom. The van der Waals surface area contributed by atoms with Crippen molar-refractivity contribution in [2.75, 3.05) is 27.3 Å². The fraction of sp³-hybridized carbons (Fsp3) is 0.529. The quantitative estimate of drug-likeness (QED) is 0.854. The number of hydrogen-bond donors (Lipinski definition) is 2. The maximum atomic E-state index is 12.4. The molecular formula is C17H25N3O4. The first kappa shape index (κ1) is 17.9. The molecule has 0 aliphatic carbocycles. The van der Waals surface area contributed by atoms with Crippen molar-refractivity contribution < 1.29 is 19.1 Å². The molecule has 0 aromatic heterocycles. The summed E-state index contributed by atoms with van der Waals surface area (Å²) in [6.45, 7) is 4.78. The molecule has 0 bridgehead atoms. The summed E-state index contributed by atoms with van der Waals surface area (Å²) in [4.78, 5) is 25.2. The van der Waals surface area contributed by atoms with Gasteiger partial charge >= 0.3 is 6.03 Å². The van der Waals surface area contributed by atoms with Crippen LogP contribution in [-0.2, 0) is 4.79 Å². The number of hydrogen-bond acceptors (Lipinski definition) is 4. The van der Waals surface area contributed by atoms with Crippen LogP contribution in [0.25, 0.3) is 0 Å². The number of amides is 3. The van der Waals surface area contributed by atoms with Gasteiger partial charge in [0.1, 0.15) is 0 Å². The van der Waals surface area contributed by atoms with Gasteiger partial charge in [-0.2, -0.15) is 0 Å². The van der Waals surface area contributed by atoms with Crippen molar-refractivity contribution >= 4 is 11.9 Å². The Morgan fingerprint density at radius 1 is 1.29 bits per heavy atom. The van der Waals surface area contributed by atoms with Crippen LogP contribution in [0.2, 0.25) is 0 Å². The summed E-state index contributed by atoms with van der Waals surface area (Å²) in [5.41, 5.74) is 7.26. The van der Waals surface area contributed by atoms with Gasteiger partial charge in [0.2, 0.25) is 5.91 Å². The highest BCUT2D eigenvalue weighted by molar-refractivity contribution is 5.80. The van der Waals surface area contributed by atoms with Crippen molar-refractivity contribution in [3.05, 3.63) is 23.3 Å². The molecule has 132 valence electrons. The van der Waals surface area contributed by atoms with Crippen LogP contribution in [0.3, 0.4) is 0 Å². The van der Waals surface area contributed by atoms with Crippen LogP contribution in [0.15, 0.2) is 12.1 Å². The smallest absolute Gasteiger partial charge is 0.317 e. The lowest BCUT2D eigenvalue weighted by atomic mass is 10.0. The first-order chi connectivity index (χ1) is 11.4. The van der Waals surface area contributed by atoms with E-state index in [0.717, 1.165) is 11.1 Å². The molecule has 1 aromatic carbocycles. The molecule has 1 heterocycles. The van der Waals surface area contributed by atoms with E-state index >= 15 is 0 Å². The van der Waals surface area contributed by atoms with Crippen LogP contribution in [-0.4, -0.2) is 44.1 Å². The number of ether oxygens (including phenoxy) is 2. The number of carbonyl (C=O) groups excluding carboxylic acids is 2. The largest absolute Gasteiger partial charge is 0.493 e. The van der Waals surface area contributed by atoms with Gasteiger partial charge in [0, 0.05) is 13.1 Å². The lowest BCUT2D eigenvalue weighted by Crippen LogP contribution is -2.40. The summed E-state index contributed by atoms with van der Waals surface area (Å²) < 4.78 is 10.6. The highest BCUT2D eigenvalue weighted by atomic mass is 16.5. The Bertz CT molecular complexity index is 633. The van der Waals surface area contributed by atoms with Crippen molar-refractivity contribution in [2.24, 2.45) is 11.7 Å². The first-order valence-electron chi connectivity index (χ1n) is 7.94. The second-order valence-corrected chi connectivity index (χ2v) is 6.07.